The summed E-state index contributed by atoms with van der Waals surface area (Å²) in [4.78, 5) is 11.6. The summed E-state index contributed by atoms with van der Waals surface area (Å²) < 4.78 is 6.81. The van der Waals surface area contributed by atoms with Crippen molar-refractivity contribution in [3.63, 3.8) is 0 Å². The molecule has 0 atom stereocenters. The van der Waals surface area contributed by atoms with Gasteiger partial charge in [-0.1, -0.05) is 0 Å². The van der Waals surface area contributed by atoms with Crippen molar-refractivity contribution in [1.29, 1.82) is 0 Å². The third-order valence-electron chi connectivity index (χ3n) is 3.01. The summed E-state index contributed by atoms with van der Waals surface area (Å²) >= 11 is 0. The average molecular weight is 233 g/mol. The van der Waals surface area contributed by atoms with Crippen molar-refractivity contribution in [2.24, 2.45) is 7.05 Å². The molecule has 0 aliphatic carbocycles. The van der Waals surface area contributed by atoms with Gasteiger partial charge in [0.15, 0.2) is 5.78 Å². The minimum absolute atomic E-state index is 0.00357. The Balaban J connectivity index is 2.95. The highest BCUT2D eigenvalue weighted by Crippen LogP contribution is 2.35. The number of methoxy groups -OCH3 is 1. The lowest BCUT2D eigenvalue weighted by Gasteiger charge is -2.05. The van der Waals surface area contributed by atoms with E-state index < -0.39 is 0 Å². The molecule has 2 aromatic rings. The van der Waals surface area contributed by atoms with Crippen LogP contribution in [0.2, 0.25) is 0 Å². The van der Waals surface area contributed by atoms with Gasteiger partial charge in [0.2, 0.25) is 5.88 Å². The van der Waals surface area contributed by atoms with E-state index >= 15 is 0 Å². The summed E-state index contributed by atoms with van der Waals surface area (Å²) in [7, 11) is 3.32. The minimum atomic E-state index is -0.152. The molecule has 0 spiro atoms. The SMILES string of the molecule is COc1cc(C)c2c(c1)c(C(C)=O)c(O)n2C. The van der Waals surface area contributed by atoms with Crippen LogP contribution in [0.3, 0.4) is 0 Å². The second-order valence-electron chi connectivity index (χ2n) is 4.15. The fraction of sp³-hybridized carbons (Fsp3) is 0.308. The van der Waals surface area contributed by atoms with Crippen molar-refractivity contribution in [2.75, 3.05) is 7.11 Å². The second kappa shape index (κ2) is 3.80. The number of carbonyl (C=O) groups excluding carboxylic acids is 1. The zero-order valence-electron chi connectivity index (χ0n) is 10.4. The predicted octanol–water partition coefficient (Wildman–Crippen LogP) is 2.40. The molecule has 1 N–H and O–H groups in total. The average Bonchev–Trinajstić information content (AvgIpc) is 2.51. The number of aryl methyl sites for hydroxylation is 2. The molecule has 90 valence electrons. The van der Waals surface area contributed by atoms with Gasteiger partial charge in [0.25, 0.3) is 0 Å². The van der Waals surface area contributed by atoms with Crippen molar-refractivity contribution >= 4 is 16.7 Å². The van der Waals surface area contributed by atoms with Crippen molar-refractivity contribution in [1.82, 2.24) is 4.57 Å². The number of hydrogen-bond donors (Lipinski definition) is 1. The molecule has 0 saturated carbocycles. The fourth-order valence-electron chi connectivity index (χ4n) is 2.24. The highest BCUT2D eigenvalue weighted by Gasteiger charge is 2.19. The predicted molar refractivity (Wildman–Crippen MR) is 65.9 cm³/mol. The number of aromatic nitrogens is 1. The zero-order valence-corrected chi connectivity index (χ0v) is 10.4. The summed E-state index contributed by atoms with van der Waals surface area (Å²) in [5.74, 6) is 0.535. The van der Waals surface area contributed by atoms with Crippen LogP contribution in [0.5, 0.6) is 11.6 Å². The molecule has 0 fully saturated rings. The third-order valence-corrected chi connectivity index (χ3v) is 3.01. The summed E-state index contributed by atoms with van der Waals surface area (Å²) in [5, 5.41) is 10.7. The van der Waals surface area contributed by atoms with Crippen LogP contribution in [-0.4, -0.2) is 22.6 Å². The topological polar surface area (TPSA) is 51.5 Å². The lowest BCUT2D eigenvalue weighted by molar-refractivity contribution is 0.101. The number of ether oxygens (including phenoxy) is 1. The Bertz CT molecular complexity index is 611. The zero-order chi connectivity index (χ0) is 12.7. The smallest absolute Gasteiger partial charge is 0.202 e. The number of hydrogen-bond acceptors (Lipinski definition) is 3. The number of aromatic hydroxyl groups is 1. The van der Waals surface area contributed by atoms with Gasteiger partial charge in [-0.3, -0.25) is 4.79 Å². The molecule has 2 rings (SSSR count). The molecule has 0 unspecified atom stereocenters. The monoisotopic (exact) mass is 233 g/mol. The highest BCUT2D eigenvalue weighted by molar-refractivity contribution is 6.10. The quantitative estimate of drug-likeness (QED) is 0.810. The van der Waals surface area contributed by atoms with Crippen molar-refractivity contribution < 1.29 is 14.6 Å². The van der Waals surface area contributed by atoms with Crippen LogP contribution >= 0.6 is 0 Å². The molecular weight excluding hydrogens is 218 g/mol. The first-order valence-corrected chi connectivity index (χ1v) is 5.34. The molecule has 17 heavy (non-hydrogen) atoms. The van der Waals surface area contributed by atoms with E-state index in [4.69, 9.17) is 4.74 Å². The van der Waals surface area contributed by atoms with Gasteiger partial charge in [0, 0.05) is 12.4 Å². The van der Waals surface area contributed by atoms with Crippen LogP contribution in [0.4, 0.5) is 0 Å². The Kier molecular flexibility index (Phi) is 2.58. The Labute approximate surface area is 99.4 Å². The second-order valence-corrected chi connectivity index (χ2v) is 4.15. The summed E-state index contributed by atoms with van der Waals surface area (Å²) in [6.45, 7) is 3.37. The van der Waals surface area contributed by atoms with E-state index in [9.17, 15) is 9.90 Å². The number of ketones is 1. The van der Waals surface area contributed by atoms with Gasteiger partial charge in [-0.15, -0.1) is 0 Å². The molecule has 1 heterocycles. The first kappa shape index (κ1) is 11.5. The summed E-state index contributed by atoms with van der Waals surface area (Å²) in [5.41, 5.74) is 2.17. The number of carbonyl (C=O) groups is 1. The van der Waals surface area contributed by atoms with Gasteiger partial charge in [0.1, 0.15) is 5.75 Å². The third kappa shape index (κ3) is 1.56. The summed E-state index contributed by atoms with van der Waals surface area (Å²) in [6.07, 6.45) is 0. The van der Waals surface area contributed by atoms with Crippen LogP contribution < -0.4 is 4.74 Å². The van der Waals surface area contributed by atoms with Gasteiger partial charge >= 0.3 is 0 Å². The van der Waals surface area contributed by atoms with E-state index in [1.54, 1.807) is 24.8 Å². The van der Waals surface area contributed by atoms with E-state index in [0.29, 0.717) is 11.3 Å². The molecule has 4 nitrogen and oxygen atoms in total. The van der Waals surface area contributed by atoms with Crippen LogP contribution in [0.25, 0.3) is 10.9 Å². The minimum Gasteiger partial charge on any atom is -0.497 e. The Morgan fingerprint density at radius 1 is 1.41 bits per heavy atom. The first-order valence-electron chi connectivity index (χ1n) is 5.34. The van der Waals surface area contributed by atoms with Gasteiger partial charge in [-0.05, 0) is 31.5 Å². The standard InChI is InChI=1S/C13H15NO3/c1-7-5-9(17-4)6-10-11(8(2)15)13(16)14(3)12(7)10/h5-6,16H,1-4H3. The van der Waals surface area contributed by atoms with Crippen LogP contribution in [0.15, 0.2) is 12.1 Å². The van der Waals surface area contributed by atoms with Crippen LogP contribution in [0, 0.1) is 6.92 Å². The molecule has 0 saturated heterocycles. The highest BCUT2D eigenvalue weighted by atomic mass is 16.5. The Hall–Kier alpha value is -1.97. The molecule has 0 radical (unpaired) electrons. The largest absolute Gasteiger partial charge is 0.497 e. The van der Waals surface area contributed by atoms with E-state index in [1.807, 2.05) is 13.0 Å². The lowest BCUT2D eigenvalue weighted by Crippen LogP contribution is -1.91. The number of nitrogens with zero attached hydrogens (tertiary/aromatic N) is 1. The van der Waals surface area contributed by atoms with E-state index in [1.165, 1.54) is 6.92 Å². The van der Waals surface area contributed by atoms with Crippen molar-refractivity contribution in [2.45, 2.75) is 13.8 Å². The molecule has 0 amide bonds. The molecule has 0 aliphatic rings. The molecule has 0 aliphatic heterocycles. The van der Waals surface area contributed by atoms with Gasteiger partial charge in [0.05, 0.1) is 18.2 Å². The molecular formula is C13H15NO3. The van der Waals surface area contributed by atoms with Gasteiger partial charge < -0.3 is 14.4 Å². The van der Waals surface area contributed by atoms with Gasteiger partial charge in [-0.2, -0.15) is 0 Å². The van der Waals surface area contributed by atoms with E-state index in [2.05, 4.69) is 0 Å². The van der Waals surface area contributed by atoms with Crippen molar-refractivity contribution in [3.05, 3.63) is 23.3 Å². The van der Waals surface area contributed by atoms with Crippen LogP contribution in [-0.2, 0) is 7.05 Å². The Morgan fingerprint density at radius 3 is 2.59 bits per heavy atom. The first-order chi connectivity index (χ1) is 7.97. The Morgan fingerprint density at radius 2 is 2.06 bits per heavy atom. The van der Waals surface area contributed by atoms with E-state index in [0.717, 1.165) is 16.5 Å². The van der Waals surface area contributed by atoms with Gasteiger partial charge in [-0.25, -0.2) is 0 Å². The number of Topliss-reactive ketones (excluding diaryl/α,β-unsaturated/α-hetero) is 1. The number of benzene rings is 1. The maximum Gasteiger partial charge on any atom is 0.202 e. The number of fused-ring (bicyclic) bond motifs is 1. The fourth-order valence-corrected chi connectivity index (χ4v) is 2.24. The molecule has 0 bridgehead atoms. The molecule has 1 aromatic carbocycles. The maximum atomic E-state index is 11.6. The van der Waals surface area contributed by atoms with Crippen molar-refractivity contribution in [3.8, 4) is 11.6 Å². The number of rotatable bonds is 2. The molecule has 4 heteroatoms. The summed E-state index contributed by atoms with van der Waals surface area (Å²) in [6, 6.07) is 3.66. The normalized spacial score (nSPS) is 10.8. The maximum absolute atomic E-state index is 11.6. The lowest BCUT2D eigenvalue weighted by atomic mass is 10.1. The van der Waals surface area contributed by atoms with Crippen LogP contribution in [0.1, 0.15) is 22.8 Å². The van der Waals surface area contributed by atoms with E-state index in [-0.39, 0.29) is 11.7 Å². The molecule has 1 aromatic heterocycles.